The van der Waals surface area contributed by atoms with Crippen LogP contribution < -0.4 is 10.6 Å². The summed E-state index contributed by atoms with van der Waals surface area (Å²) in [6.45, 7) is 2.07. The number of carbonyl (C=O) groups excluding carboxylic acids is 1. The lowest BCUT2D eigenvalue weighted by Crippen LogP contribution is -2.22. The third kappa shape index (κ3) is 3.99. The van der Waals surface area contributed by atoms with Crippen molar-refractivity contribution in [3.63, 3.8) is 0 Å². The SMILES string of the molecule is CNC(=O)c1ccc(NC2CCCCCCC2)c(C)c1. The van der Waals surface area contributed by atoms with Crippen LogP contribution in [0.4, 0.5) is 5.69 Å². The maximum atomic E-state index is 11.6. The molecule has 0 aromatic heterocycles. The molecule has 1 aliphatic rings. The number of nitrogens with one attached hydrogen (secondary N) is 2. The van der Waals surface area contributed by atoms with Crippen molar-refractivity contribution in [2.75, 3.05) is 12.4 Å². The molecule has 0 heterocycles. The van der Waals surface area contributed by atoms with Crippen LogP contribution in [0.5, 0.6) is 0 Å². The first-order chi connectivity index (χ1) is 9.70. The van der Waals surface area contributed by atoms with Gasteiger partial charge < -0.3 is 10.6 Å². The number of aryl methyl sites for hydroxylation is 1. The Hall–Kier alpha value is -1.51. The molecule has 1 aromatic carbocycles. The molecule has 0 unspecified atom stereocenters. The van der Waals surface area contributed by atoms with Crippen molar-refractivity contribution in [1.82, 2.24) is 5.32 Å². The lowest BCUT2D eigenvalue weighted by Gasteiger charge is -2.23. The molecule has 2 rings (SSSR count). The quantitative estimate of drug-likeness (QED) is 0.878. The van der Waals surface area contributed by atoms with Crippen LogP contribution in [-0.4, -0.2) is 19.0 Å². The summed E-state index contributed by atoms with van der Waals surface area (Å²) < 4.78 is 0. The second-order valence-electron chi connectivity index (χ2n) is 5.80. The molecule has 3 nitrogen and oxygen atoms in total. The van der Waals surface area contributed by atoms with Crippen molar-refractivity contribution in [2.45, 2.75) is 57.9 Å². The van der Waals surface area contributed by atoms with E-state index >= 15 is 0 Å². The summed E-state index contributed by atoms with van der Waals surface area (Å²) in [5.41, 5.74) is 3.05. The van der Waals surface area contributed by atoms with Crippen LogP contribution in [-0.2, 0) is 0 Å². The number of anilines is 1. The van der Waals surface area contributed by atoms with E-state index in [1.807, 2.05) is 18.2 Å². The highest BCUT2D eigenvalue weighted by Gasteiger charge is 2.13. The zero-order valence-corrected chi connectivity index (χ0v) is 12.7. The summed E-state index contributed by atoms with van der Waals surface area (Å²) in [6, 6.07) is 6.49. The van der Waals surface area contributed by atoms with E-state index in [1.165, 1.54) is 50.6 Å². The maximum absolute atomic E-state index is 11.6. The van der Waals surface area contributed by atoms with E-state index in [0.717, 1.165) is 11.1 Å². The van der Waals surface area contributed by atoms with Crippen LogP contribution in [0, 0.1) is 6.92 Å². The highest BCUT2D eigenvalue weighted by atomic mass is 16.1. The van der Waals surface area contributed by atoms with Crippen molar-refractivity contribution in [1.29, 1.82) is 0 Å². The smallest absolute Gasteiger partial charge is 0.251 e. The van der Waals surface area contributed by atoms with Crippen LogP contribution in [0.3, 0.4) is 0 Å². The molecule has 0 aliphatic heterocycles. The first-order valence-corrected chi connectivity index (χ1v) is 7.80. The average molecular weight is 274 g/mol. The normalized spacial score (nSPS) is 17.1. The van der Waals surface area contributed by atoms with E-state index in [2.05, 4.69) is 17.6 Å². The molecule has 0 atom stereocenters. The number of hydrogen-bond donors (Lipinski definition) is 2. The molecule has 0 bridgehead atoms. The molecule has 1 fully saturated rings. The van der Waals surface area contributed by atoms with Crippen molar-refractivity contribution >= 4 is 11.6 Å². The Labute approximate surface area is 122 Å². The van der Waals surface area contributed by atoms with Crippen molar-refractivity contribution in [2.24, 2.45) is 0 Å². The Morgan fingerprint density at radius 1 is 1.10 bits per heavy atom. The Kier molecular flexibility index (Phi) is 5.45. The topological polar surface area (TPSA) is 41.1 Å². The Morgan fingerprint density at radius 2 is 1.75 bits per heavy atom. The fraction of sp³-hybridized carbons (Fsp3) is 0.588. The van der Waals surface area contributed by atoms with Gasteiger partial charge in [0.15, 0.2) is 0 Å². The van der Waals surface area contributed by atoms with Gasteiger partial charge in [0.2, 0.25) is 0 Å². The summed E-state index contributed by atoms with van der Waals surface area (Å²) >= 11 is 0. The summed E-state index contributed by atoms with van der Waals surface area (Å²) in [7, 11) is 1.67. The van der Waals surface area contributed by atoms with Gasteiger partial charge in [-0.25, -0.2) is 0 Å². The first kappa shape index (κ1) is 14.9. The van der Waals surface area contributed by atoms with Crippen molar-refractivity contribution < 1.29 is 4.79 Å². The van der Waals surface area contributed by atoms with E-state index < -0.39 is 0 Å². The van der Waals surface area contributed by atoms with Gasteiger partial charge >= 0.3 is 0 Å². The Morgan fingerprint density at radius 3 is 2.35 bits per heavy atom. The van der Waals surface area contributed by atoms with Gasteiger partial charge in [0.25, 0.3) is 5.91 Å². The minimum Gasteiger partial charge on any atom is -0.382 e. The molecule has 1 aliphatic carbocycles. The molecule has 0 spiro atoms. The predicted octanol–water partition coefficient (Wildman–Crippen LogP) is 3.88. The van der Waals surface area contributed by atoms with Crippen LogP contribution in [0.15, 0.2) is 18.2 Å². The molecule has 3 heteroatoms. The van der Waals surface area contributed by atoms with Gasteiger partial charge in [-0.1, -0.05) is 32.1 Å². The highest BCUT2D eigenvalue weighted by molar-refractivity contribution is 5.94. The zero-order chi connectivity index (χ0) is 14.4. The van der Waals surface area contributed by atoms with E-state index in [4.69, 9.17) is 0 Å². The molecule has 2 N–H and O–H groups in total. The van der Waals surface area contributed by atoms with Gasteiger partial charge in [-0.2, -0.15) is 0 Å². The molecule has 1 aromatic rings. The molecule has 1 amide bonds. The molecule has 20 heavy (non-hydrogen) atoms. The third-order valence-electron chi connectivity index (χ3n) is 4.18. The van der Waals surface area contributed by atoms with Gasteiger partial charge in [0.1, 0.15) is 0 Å². The minimum atomic E-state index is -0.0226. The maximum Gasteiger partial charge on any atom is 0.251 e. The molecule has 0 saturated heterocycles. The molecular weight excluding hydrogens is 248 g/mol. The minimum absolute atomic E-state index is 0.0226. The van der Waals surface area contributed by atoms with Crippen LogP contribution in [0.25, 0.3) is 0 Å². The second kappa shape index (κ2) is 7.32. The van der Waals surface area contributed by atoms with Gasteiger partial charge in [-0.3, -0.25) is 4.79 Å². The van der Waals surface area contributed by atoms with Crippen LogP contribution in [0.1, 0.15) is 60.9 Å². The second-order valence-corrected chi connectivity index (χ2v) is 5.80. The van der Waals surface area contributed by atoms with Crippen LogP contribution in [0.2, 0.25) is 0 Å². The van der Waals surface area contributed by atoms with Crippen LogP contribution >= 0.6 is 0 Å². The molecular formula is C17H26N2O. The first-order valence-electron chi connectivity index (χ1n) is 7.80. The molecule has 110 valence electrons. The standard InChI is InChI=1S/C17H26N2O/c1-13-12-14(17(20)18-2)10-11-16(13)19-15-8-6-4-3-5-7-9-15/h10-12,15,19H,3-9H2,1-2H3,(H,18,20). The summed E-state index contributed by atoms with van der Waals surface area (Å²) in [5, 5.41) is 6.33. The molecule has 1 saturated carbocycles. The van der Waals surface area contributed by atoms with E-state index in [0.29, 0.717) is 6.04 Å². The van der Waals surface area contributed by atoms with Gasteiger partial charge in [0, 0.05) is 24.3 Å². The van der Waals surface area contributed by atoms with Gasteiger partial charge in [0.05, 0.1) is 0 Å². The number of hydrogen-bond acceptors (Lipinski definition) is 2. The third-order valence-corrected chi connectivity index (χ3v) is 4.18. The summed E-state index contributed by atoms with van der Waals surface area (Å²) in [4.78, 5) is 11.6. The fourth-order valence-corrected chi connectivity index (χ4v) is 2.93. The molecule has 0 radical (unpaired) electrons. The van der Waals surface area contributed by atoms with Crippen molar-refractivity contribution in [3.05, 3.63) is 29.3 Å². The number of rotatable bonds is 3. The Bertz CT molecular complexity index is 448. The number of carbonyl (C=O) groups is 1. The fourth-order valence-electron chi connectivity index (χ4n) is 2.93. The largest absolute Gasteiger partial charge is 0.382 e. The van der Waals surface area contributed by atoms with E-state index in [1.54, 1.807) is 7.05 Å². The highest BCUT2D eigenvalue weighted by Crippen LogP contribution is 2.23. The monoisotopic (exact) mass is 274 g/mol. The lowest BCUT2D eigenvalue weighted by molar-refractivity contribution is 0.0963. The van der Waals surface area contributed by atoms with Gasteiger partial charge in [-0.05, 0) is 43.5 Å². The zero-order valence-electron chi connectivity index (χ0n) is 12.7. The Balaban J connectivity index is 2.03. The number of benzene rings is 1. The van der Waals surface area contributed by atoms with E-state index in [9.17, 15) is 4.79 Å². The summed E-state index contributed by atoms with van der Waals surface area (Å²) in [6.07, 6.45) is 9.31. The van der Waals surface area contributed by atoms with Gasteiger partial charge in [-0.15, -0.1) is 0 Å². The average Bonchev–Trinajstić information content (AvgIpc) is 2.42. The summed E-state index contributed by atoms with van der Waals surface area (Å²) in [5.74, 6) is -0.0226. The van der Waals surface area contributed by atoms with E-state index in [-0.39, 0.29) is 5.91 Å². The van der Waals surface area contributed by atoms with Crippen molar-refractivity contribution in [3.8, 4) is 0 Å². The number of amides is 1. The lowest BCUT2D eigenvalue weighted by atomic mass is 9.96. The predicted molar refractivity (Wildman–Crippen MR) is 84.3 cm³/mol.